The number of nitrogens with zero attached hydrogens (tertiary/aromatic N) is 3. The maximum absolute atomic E-state index is 12.5. The number of rotatable bonds is 6. The Balaban J connectivity index is 1.34. The molecule has 0 bridgehead atoms. The third-order valence-electron chi connectivity index (χ3n) is 5.60. The molecule has 4 rings (SSSR count). The summed E-state index contributed by atoms with van der Waals surface area (Å²) in [6, 6.07) is 14.7. The van der Waals surface area contributed by atoms with Crippen molar-refractivity contribution in [3.63, 3.8) is 0 Å². The number of aryl methyl sites for hydroxylation is 2. The minimum atomic E-state index is -0.0376. The summed E-state index contributed by atoms with van der Waals surface area (Å²) in [7, 11) is 2.18. The van der Waals surface area contributed by atoms with Crippen molar-refractivity contribution in [2.45, 2.75) is 26.8 Å². The lowest BCUT2D eigenvalue weighted by Crippen LogP contribution is -2.43. The Labute approximate surface area is 188 Å². The van der Waals surface area contributed by atoms with Gasteiger partial charge < -0.3 is 10.2 Å². The van der Waals surface area contributed by atoms with Crippen molar-refractivity contribution in [2.24, 2.45) is 0 Å². The van der Waals surface area contributed by atoms with Gasteiger partial charge in [0.25, 0.3) is 0 Å². The monoisotopic (exact) mass is 434 g/mol. The highest BCUT2D eigenvalue weighted by molar-refractivity contribution is 7.13. The van der Waals surface area contributed by atoms with Crippen molar-refractivity contribution < 1.29 is 4.79 Å². The van der Waals surface area contributed by atoms with Crippen LogP contribution >= 0.6 is 11.3 Å². The van der Waals surface area contributed by atoms with Crippen molar-refractivity contribution in [3.05, 3.63) is 70.2 Å². The van der Waals surface area contributed by atoms with Gasteiger partial charge in [-0.15, -0.1) is 11.3 Å². The minimum Gasteiger partial charge on any atom is -0.326 e. The number of thiazole rings is 1. The van der Waals surface area contributed by atoms with Gasteiger partial charge in [-0.1, -0.05) is 30.3 Å². The van der Waals surface area contributed by atoms with E-state index in [0.717, 1.165) is 65.8 Å². The molecular formula is C25H30N4OS. The van der Waals surface area contributed by atoms with E-state index >= 15 is 0 Å². The smallest absolute Gasteiger partial charge is 0.230 e. The molecule has 0 unspecified atom stereocenters. The topological polar surface area (TPSA) is 48.5 Å². The molecule has 0 spiro atoms. The van der Waals surface area contributed by atoms with Crippen LogP contribution in [0.4, 0.5) is 5.69 Å². The molecule has 6 heteroatoms. The number of aromatic nitrogens is 1. The van der Waals surface area contributed by atoms with Crippen LogP contribution in [0, 0.1) is 13.8 Å². The summed E-state index contributed by atoms with van der Waals surface area (Å²) >= 11 is 1.59. The van der Waals surface area contributed by atoms with Crippen LogP contribution in [0.3, 0.4) is 0 Å². The Hall–Kier alpha value is -2.54. The molecule has 0 saturated carbocycles. The van der Waals surface area contributed by atoms with Crippen LogP contribution in [0.2, 0.25) is 0 Å². The standard InChI is InChI=1S/C25H30N4OS/c1-18-12-19(2)14-22(13-18)26-24(30)15-23-17-31-25(27-23)21-6-4-20(5-7-21)16-29-10-8-28(3)9-11-29/h4-7,12-14,17H,8-11,15-16H2,1-3H3,(H,26,30). The van der Waals surface area contributed by atoms with E-state index in [0.29, 0.717) is 0 Å². The summed E-state index contributed by atoms with van der Waals surface area (Å²) in [5, 5.41) is 5.93. The number of piperazine rings is 1. The fraction of sp³-hybridized carbons (Fsp3) is 0.360. The number of likely N-dealkylation sites (N-methyl/N-ethyl adjacent to an activating group) is 1. The summed E-state index contributed by atoms with van der Waals surface area (Å²) in [6.45, 7) is 9.58. The first kappa shape index (κ1) is 21.7. The van der Waals surface area contributed by atoms with E-state index in [2.05, 4.69) is 52.5 Å². The highest BCUT2D eigenvalue weighted by atomic mass is 32.1. The maximum Gasteiger partial charge on any atom is 0.230 e. The summed E-state index contributed by atoms with van der Waals surface area (Å²) < 4.78 is 0. The zero-order valence-corrected chi connectivity index (χ0v) is 19.3. The summed E-state index contributed by atoms with van der Waals surface area (Å²) in [5.41, 5.74) is 6.37. The van der Waals surface area contributed by atoms with Crippen molar-refractivity contribution in [1.29, 1.82) is 0 Å². The third kappa shape index (κ3) is 6.00. The number of hydrogen-bond acceptors (Lipinski definition) is 5. The van der Waals surface area contributed by atoms with Crippen LogP contribution in [0.5, 0.6) is 0 Å². The summed E-state index contributed by atoms with van der Waals surface area (Å²) in [6.07, 6.45) is 0.283. The number of hydrogen-bond donors (Lipinski definition) is 1. The van der Waals surface area contributed by atoms with Gasteiger partial charge in [0.05, 0.1) is 12.1 Å². The van der Waals surface area contributed by atoms with Crippen LogP contribution in [0.25, 0.3) is 10.6 Å². The fourth-order valence-corrected chi connectivity index (χ4v) is 4.78. The van der Waals surface area contributed by atoms with E-state index in [1.807, 2.05) is 31.4 Å². The predicted molar refractivity (Wildman–Crippen MR) is 129 cm³/mol. The second-order valence-corrected chi connectivity index (χ2v) is 9.38. The maximum atomic E-state index is 12.5. The van der Waals surface area contributed by atoms with Crippen LogP contribution < -0.4 is 5.32 Å². The van der Waals surface area contributed by atoms with Crippen molar-refractivity contribution in [2.75, 3.05) is 38.5 Å². The molecular weight excluding hydrogens is 404 g/mol. The van der Waals surface area contributed by atoms with Crippen LogP contribution in [0.1, 0.15) is 22.4 Å². The van der Waals surface area contributed by atoms with E-state index in [1.165, 1.54) is 5.56 Å². The first-order valence-corrected chi connectivity index (χ1v) is 11.7. The fourth-order valence-electron chi connectivity index (χ4n) is 3.95. The number of amides is 1. The van der Waals surface area contributed by atoms with E-state index in [1.54, 1.807) is 11.3 Å². The summed E-state index contributed by atoms with van der Waals surface area (Å²) in [5.74, 6) is -0.0376. The Kier molecular flexibility index (Phi) is 6.80. The number of nitrogens with one attached hydrogen (secondary N) is 1. The Morgan fingerprint density at radius 1 is 1.03 bits per heavy atom. The molecule has 1 aliphatic rings. The third-order valence-corrected chi connectivity index (χ3v) is 6.54. The molecule has 1 saturated heterocycles. The van der Waals surface area contributed by atoms with E-state index < -0.39 is 0 Å². The molecule has 1 amide bonds. The number of anilines is 1. The van der Waals surface area contributed by atoms with Gasteiger partial charge in [-0.25, -0.2) is 4.98 Å². The Bertz CT molecular complexity index is 1020. The Morgan fingerprint density at radius 2 is 1.71 bits per heavy atom. The van der Waals surface area contributed by atoms with Crippen LogP contribution in [-0.2, 0) is 17.8 Å². The van der Waals surface area contributed by atoms with Crippen molar-refractivity contribution in [3.8, 4) is 10.6 Å². The zero-order chi connectivity index (χ0) is 21.8. The molecule has 1 aliphatic heterocycles. The van der Waals surface area contributed by atoms with Gasteiger partial charge in [0.15, 0.2) is 0 Å². The second-order valence-electron chi connectivity index (χ2n) is 8.52. The van der Waals surface area contributed by atoms with E-state index in [4.69, 9.17) is 4.98 Å². The van der Waals surface area contributed by atoms with Crippen molar-refractivity contribution >= 4 is 22.9 Å². The predicted octanol–water partition coefficient (Wildman–Crippen LogP) is 4.36. The lowest BCUT2D eigenvalue weighted by molar-refractivity contribution is -0.115. The average molecular weight is 435 g/mol. The number of benzene rings is 2. The molecule has 2 aromatic carbocycles. The minimum absolute atomic E-state index is 0.0376. The molecule has 1 aromatic heterocycles. The van der Waals surface area contributed by atoms with Gasteiger partial charge in [0.2, 0.25) is 5.91 Å². The van der Waals surface area contributed by atoms with Crippen molar-refractivity contribution in [1.82, 2.24) is 14.8 Å². The number of carbonyl (C=O) groups is 1. The van der Waals surface area contributed by atoms with Gasteiger partial charge in [-0.3, -0.25) is 9.69 Å². The largest absolute Gasteiger partial charge is 0.326 e. The summed E-state index contributed by atoms with van der Waals surface area (Å²) in [4.78, 5) is 22.0. The lowest BCUT2D eigenvalue weighted by Gasteiger charge is -2.32. The van der Waals surface area contributed by atoms with Gasteiger partial charge >= 0.3 is 0 Å². The number of carbonyl (C=O) groups excluding carboxylic acids is 1. The molecule has 3 aromatic rings. The van der Waals surface area contributed by atoms with Gasteiger partial charge in [0.1, 0.15) is 5.01 Å². The van der Waals surface area contributed by atoms with E-state index in [-0.39, 0.29) is 12.3 Å². The highest BCUT2D eigenvalue weighted by Gasteiger charge is 2.14. The van der Waals surface area contributed by atoms with Crippen LogP contribution in [0.15, 0.2) is 47.8 Å². The average Bonchev–Trinajstić information content (AvgIpc) is 3.18. The molecule has 0 atom stereocenters. The first-order valence-electron chi connectivity index (χ1n) is 10.8. The van der Waals surface area contributed by atoms with Gasteiger partial charge in [0, 0.05) is 49.4 Å². The normalized spacial score (nSPS) is 15.2. The first-order chi connectivity index (χ1) is 14.9. The Morgan fingerprint density at radius 3 is 2.39 bits per heavy atom. The van der Waals surface area contributed by atoms with E-state index in [9.17, 15) is 4.79 Å². The highest BCUT2D eigenvalue weighted by Crippen LogP contribution is 2.25. The molecule has 1 fully saturated rings. The van der Waals surface area contributed by atoms with Crippen LogP contribution in [-0.4, -0.2) is 53.9 Å². The molecule has 2 heterocycles. The zero-order valence-electron chi connectivity index (χ0n) is 18.5. The molecule has 162 valence electrons. The van der Waals surface area contributed by atoms with Gasteiger partial charge in [-0.2, -0.15) is 0 Å². The quantitative estimate of drug-likeness (QED) is 0.626. The molecule has 0 aliphatic carbocycles. The molecule has 31 heavy (non-hydrogen) atoms. The van der Waals surface area contributed by atoms with Gasteiger partial charge in [-0.05, 0) is 49.7 Å². The molecule has 1 N–H and O–H groups in total. The second kappa shape index (κ2) is 9.73. The molecule has 0 radical (unpaired) electrons. The molecule has 5 nitrogen and oxygen atoms in total. The SMILES string of the molecule is Cc1cc(C)cc(NC(=O)Cc2csc(-c3ccc(CN4CCN(C)CC4)cc3)n2)c1. The lowest BCUT2D eigenvalue weighted by atomic mass is 10.1.